The molecule has 2 aliphatic heterocycles. The van der Waals surface area contributed by atoms with Crippen molar-refractivity contribution in [1.82, 2.24) is 4.98 Å². The summed E-state index contributed by atoms with van der Waals surface area (Å²) in [7, 11) is 4.19. The fourth-order valence-corrected chi connectivity index (χ4v) is 7.44. The van der Waals surface area contributed by atoms with Gasteiger partial charge in [-0.05, 0) is 92.7 Å². The molecule has 9 rings (SSSR count). The van der Waals surface area contributed by atoms with Crippen LogP contribution in [0.4, 0.5) is 47.3 Å². The number of alkyl halides is 3. The largest absolute Gasteiger partial charge is 4.00 e. The molecule has 0 fully saturated rings. The molecule has 0 N–H and O–H groups in total. The van der Waals surface area contributed by atoms with Gasteiger partial charge in [0.1, 0.15) is 0 Å². The van der Waals surface area contributed by atoms with Crippen LogP contribution >= 0.6 is 0 Å². The van der Waals surface area contributed by atoms with Crippen molar-refractivity contribution >= 4 is 55.9 Å². The van der Waals surface area contributed by atoms with Crippen LogP contribution in [0.1, 0.15) is 22.3 Å². The zero-order chi connectivity index (χ0) is 36.3. The van der Waals surface area contributed by atoms with Gasteiger partial charge in [0.2, 0.25) is 0 Å². The maximum Gasteiger partial charge on any atom is 4.00 e. The van der Waals surface area contributed by atoms with Crippen LogP contribution in [0.25, 0.3) is 32.9 Å². The molecule has 0 amide bonds. The number of nitrogens with zero attached hydrogens (tertiary/aromatic N) is 5. The molecule has 53 heavy (non-hydrogen) atoms. The van der Waals surface area contributed by atoms with Gasteiger partial charge in [-0.2, -0.15) is 26.5 Å². The quantitative estimate of drug-likeness (QED) is 0.165. The zero-order valence-corrected chi connectivity index (χ0v) is 32.1. The minimum Gasteiger partial charge on any atom is -0.657 e. The average Bonchev–Trinajstić information content (AvgIpc) is 3.78. The van der Waals surface area contributed by atoms with Crippen LogP contribution in [0, 0.1) is 40.2 Å². The second-order valence-corrected chi connectivity index (χ2v) is 13.4. The summed E-state index contributed by atoms with van der Waals surface area (Å²) < 4.78 is 37.8. The molecular weight excluding hydrogens is 851 g/mol. The normalized spacial score (nSPS) is 13.6. The van der Waals surface area contributed by atoms with Gasteiger partial charge in [0.25, 0.3) is 0 Å². The van der Waals surface area contributed by atoms with Crippen LogP contribution in [-0.2, 0) is 27.2 Å². The molecule has 9 heteroatoms. The first-order valence-electron chi connectivity index (χ1n) is 17.1. The van der Waals surface area contributed by atoms with Crippen molar-refractivity contribution in [3.05, 3.63) is 157 Å². The van der Waals surface area contributed by atoms with E-state index in [1.807, 2.05) is 6.07 Å². The molecule has 6 aromatic carbocycles. The number of hydrogen-bond acceptors (Lipinski definition) is 4. The molecule has 0 aliphatic carbocycles. The van der Waals surface area contributed by atoms with E-state index in [1.54, 1.807) is 18.2 Å². The van der Waals surface area contributed by atoms with Crippen molar-refractivity contribution in [3.8, 4) is 11.1 Å². The topological polar surface area (TPSA) is 27.1 Å². The number of halogens is 3. The van der Waals surface area contributed by atoms with Crippen molar-refractivity contribution in [3.63, 3.8) is 0 Å². The minimum atomic E-state index is -4.31. The summed E-state index contributed by atoms with van der Waals surface area (Å²) >= 11 is 0. The Hall–Kier alpha value is -5.20. The van der Waals surface area contributed by atoms with Crippen LogP contribution in [0.15, 0.2) is 115 Å². The number of aromatic nitrogens is 1. The Bertz CT molecular complexity index is 2370. The molecule has 7 aromatic rings. The maximum atomic E-state index is 12.6. The number of aryl methyl sites for hydroxylation is 3. The molecule has 2 aliphatic rings. The predicted molar refractivity (Wildman–Crippen MR) is 207 cm³/mol. The first-order chi connectivity index (χ1) is 25.0. The van der Waals surface area contributed by atoms with E-state index < -0.39 is 11.7 Å². The number of rotatable bonds is 3. The molecule has 0 unspecified atom stereocenters. The summed E-state index contributed by atoms with van der Waals surface area (Å²) in [6.07, 6.45) is -4.31. The number of benzene rings is 6. The Morgan fingerprint density at radius 1 is 0.585 bits per heavy atom. The van der Waals surface area contributed by atoms with Crippen molar-refractivity contribution in [1.29, 1.82) is 0 Å². The number of para-hydroxylation sites is 5. The molecule has 0 bridgehead atoms. The van der Waals surface area contributed by atoms with Gasteiger partial charge in [-0.15, -0.1) is 46.2 Å². The Morgan fingerprint density at radius 2 is 1.08 bits per heavy atom. The molecule has 268 valence electrons. The van der Waals surface area contributed by atoms with Crippen LogP contribution in [0.5, 0.6) is 0 Å². The molecule has 3 heterocycles. The van der Waals surface area contributed by atoms with Crippen molar-refractivity contribution in [2.45, 2.75) is 26.9 Å². The SMILES string of the molecule is Cc1cc(C)c(-c2cc(N3[CH-]N(C)c4ccccc43)[c-]c(N3[CH-]N(C)c4ccccc43)c2)c(C)c1.FC(F)(F)c1ccc2[n-]c3ccccc3c2c1.[Pt+4]. The molecule has 0 saturated carbocycles. The van der Waals surface area contributed by atoms with E-state index in [0.29, 0.717) is 10.9 Å². The van der Waals surface area contributed by atoms with Crippen LogP contribution in [-0.4, -0.2) is 14.1 Å². The third kappa shape index (κ3) is 6.65. The Balaban J connectivity index is 0.000000203. The van der Waals surface area contributed by atoms with E-state index in [-0.39, 0.29) is 21.1 Å². The molecular formula is C44H36F3N5Pt. The number of hydrogen-bond donors (Lipinski definition) is 0. The van der Waals surface area contributed by atoms with Crippen molar-refractivity contribution < 1.29 is 34.2 Å². The molecule has 0 atom stereocenters. The average molecular weight is 887 g/mol. The summed E-state index contributed by atoms with van der Waals surface area (Å²) in [6, 6.07) is 40.7. The second-order valence-electron chi connectivity index (χ2n) is 13.4. The zero-order valence-electron chi connectivity index (χ0n) is 29.8. The third-order valence-electron chi connectivity index (χ3n) is 9.70. The monoisotopic (exact) mass is 886 g/mol. The van der Waals surface area contributed by atoms with Gasteiger partial charge >= 0.3 is 27.2 Å². The van der Waals surface area contributed by atoms with Crippen LogP contribution < -0.4 is 24.6 Å². The van der Waals surface area contributed by atoms with Crippen LogP contribution in [0.3, 0.4) is 0 Å². The van der Waals surface area contributed by atoms with E-state index in [0.717, 1.165) is 45.8 Å². The molecule has 5 nitrogen and oxygen atoms in total. The second kappa shape index (κ2) is 14.0. The summed E-state index contributed by atoms with van der Waals surface area (Å²) in [4.78, 5) is 13.1. The molecule has 0 radical (unpaired) electrons. The van der Waals surface area contributed by atoms with E-state index in [9.17, 15) is 13.2 Å². The minimum absolute atomic E-state index is 0. The standard InChI is InChI=1S/C31H29N4.C13H7F3N.Pt/c1-21-14-22(2)31(23(3)15-21)24-16-25(34-19-32(4)27-10-6-8-12-29(27)34)18-26(17-24)35-20-33(5)28-11-7-9-13-30(28)35;14-13(15,16)8-5-6-12-10(7-8)9-3-1-2-4-11(9)17-12;/h6-17,19-20H,1-5H3;1-7H;/q-3;-1;+4. The first-order valence-corrected chi connectivity index (χ1v) is 17.1. The Morgan fingerprint density at radius 3 is 1.62 bits per heavy atom. The van der Waals surface area contributed by atoms with Crippen molar-refractivity contribution in [2.75, 3.05) is 33.7 Å². The molecule has 1 aromatic heterocycles. The van der Waals surface area contributed by atoms with Gasteiger partial charge in [-0.3, -0.25) is 0 Å². The van der Waals surface area contributed by atoms with Gasteiger partial charge in [0.15, 0.2) is 0 Å². The van der Waals surface area contributed by atoms with Crippen LogP contribution in [0.2, 0.25) is 0 Å². The summed E-state index contributed by atoms with van der Waals surface area (Å²) in [6.45, 7) is 10.9. The van der Waals surface area contributed by atoms with Gasteiger partial charge < -0.3 is 24.6 Å². The predicted octanol–water partition coefficient (Wildman–Crippen LogP) is 11.5. The first kappa shape index (κ1) is 36.2. The van der Waals surface area contributed by atoms with Crippen molar-refractivity contribution in [2.24, 2.45) is 0 Å². The van der Waals surface area contributed by atoms with Gasteiger partial charge in [-0.25, -0.2) is 0 Å². The molecule has 0 spiro atoms. The van der Waals surface area contributed by atoms with E-state index >= 15 is 0 Å². The van der Waals surface area contributed by atoms with E-state index in [2.05, 4.69) is 152 Å². The molecule has 0 saturated heterocycles. The number of anilines is 6. The fraction of sp³-hybridized carbons (Fsp3) is 0.136. The smallest absolute Gasteiger partial charge is 0.657 e. The summed E-state index contributed by atoms with van der Waals surface area (Å²) in [5.41, 5.74) is 13.8. The fourth-order valence-electron chi connectivity index (χ4n) is 7.44. The summed E-state index contributed by atoms with van der Waals surface area (Å²) in [5.74, 6) is 0. The summed E-state index contributed by atoms with van der Waals surface area (Å²) in [5, 5.41) is 1.31. The maximum absolute atomic E-state index is 12.6. The van der Waals surface area contributed by atoms with E-state index in [1.165, 1.54) is 45.3 Å². The van der Waals surface area contributed by atoms with Gasteiger partial charge in [-0.1, -0.05) is 78.4 Å². The van der Waals surface area contributed by atoms with E-state index in [4.69, 9.17) is 0 Å². The third-order valence-corrected chi connectivity index (χ3v) is 9.70. The Labute approximate surface area is 322 Å². The van der Waals surface area contributed by atoms with Gasteiger partial charge in [0.05, 0.1) is 5.56 Å². The number of fused-ring (bicyclic) bond motifs is 5. The Kier molecular flexibility index (Phi) is 9.54. The van der Waals surface area contributed by atoms with Gasteiger partial charge in [0, 0.05) is 22.7 Å².